The number of hydrogen-bond donors (Lipinski definition) is 2. The van der Waals surface area contributed by atoms with Gasteiger partial charge in [0.05, 0.1) is 6.61 Å². The van der Waals surface area contributed by atoms with E-state index in [2.05, 4.69) is 19.6 Å². The van der Waals surface area contributed by atoms with Crippen LogP contribution in [-0.2, 0) is 23.9 Å². The summed E-state index contributed by atoms with van der Waals surface area (Å²) < 4.78 is 11.5. The van der Waals surface area contributed by atoms with E-state index in [0.717, 1.165) is 43.0 Å². The third kappa shape index (κ3) is 5.64. The van der Waals surface area contributed by atoms with Gasteiger partial charge in [0.15, 0.2) is 0 Å². The topological polar surface area (TPSA) is 169 Å². The summed E-state index contributed by atoms with van der Waals surface area (Å²) in [6.45, 7) is 10.0. The molecule has 3 aliphatic heterocycles. The maximum Gasteiger partial charge on any atom is 0.334 e. The minimum Gasteiger partial charge on any atom is -0.385 e. The van der Waals surface area contributed by atoms with Crippen LogP contribution < -0.4 is 11.5 Å². The number of urea groups is 2. The van der Waals surface area contributed by atoms with Crippen molar-refractivity contribution in [2.45, 2.75) is 108 Å². The lowest BCUT2D eigenvalue weighted by Gasteiger charge is -2.56. The molecule has 0 radical (unpaired) electrons. The SMILES string of the molecule is CCCCN1C(=O)C(=C(N)N)C(=O)N(C2CCC3(CC2)CC(N2C(=O)N(COCC[Si](C)(C)C)C(=O)[C@]24CCOC4)C3)C1=O. The molecular formula is C30H48N6O7Si. The lowest BCUT2D eigenvalue weighted by Crippen LogP contribution is -2.63. The standard InChI is InChI=1S/C30H48N6O7Si/c1-5-6-12-33-24(37)22(23(31)32)25(38)35(27(33)40)20-7-9-29(10-8-20)16-21(17-29)36-28(41)34(19-43-14-15-44(2,3)4)26(39)30(36)11-13-42-18-30/h20-21H,5-19,31-32H2,1-4H3/t20?,21?,29?,30-/m1/s1. The Morgan fingerprint density at radius 3 is 2.20 bits per heavy atom. The summed E-state index contributed by atoms with van der Waals surface area (Å²) in [5.74, 6) is -2.07. The van der Waals surface area contributed by atoms with E-state index in [9.17, 15) is 24.0 Å². The summed E-state index contributed by atoms with van der Waals surface area (Å²) >= 11 is 0. The van der Waals surface area contributed by atoms with Crippen LogP contribution in [0.25, 0.3) is 0 Å². The van der Waals surface area contributed by atoms with Crippen molar-refractivity contribution >= 4 is 37.9 Å². The number of unbranched alkanes of at least 4 members (excludes halogenated alkanes) is 1. The zero-order chi connectivity index (χ0) is 32.0. The summed E-state index contributed by atoms with van der Waals surface area (Å²) in [5.41, 5.74) is 10.1. The molecule has 244 valence electrons. The van der Waals surface area contributed by atoms with Gasteiger partial charge < -0.3 is 25.8 Å². The predicted octanol–water partition coefficient (Wildman–Crippen LogP) is 2.53. The van der Waals surface area contributed by atoms with E-state index in [-0.39, 0.29) is 60.7 Å². The van der Waals surface area contributed by atoms with Crippen LogP contribution in [0.3, 0.4) is 0 Å². The number of amides is 7. The van der Waals surface area contributed by atoms with Gasteiger partial charge in [-0.15, -0.1) is 0 Å². The molecule has 1 atom stereocenters. The van der Waals surface area contributed by atoms with Crippen molar-refractivity contribution in [3.63, 3.8) is 0 Å². The largest absolute Gasteiger partial charge is 0.385 e. The van der Waals surface area contributed by atoms with E-state index in [1.165, 1.54) is 9.80 Å². The Morgan fingerprint density at radius 2 is 1.64 bits per heavy atom. The summed E-state index contributed by atoms with van der Waals surface area (Å²) in [6, 6.07) is -0.431. The molecule has 0 aromatic carbocycles. The maximum absolute atomic E-state index is 13.7. The number of hydrogen-bond acceptors (Lipinski definition) is 9. The van der Waals surface area contributed by atoms with Crippen LogP contribution in [0, 0.1) is 5.41 Å². The molecule has 0 aromatic heterocycles. The van der Waals surface area contributed by atoms with Crippen LogP contribution >= 0.6 is 0 Å². The average molecular weight is 633 g/mol. The highest BCUT2D eigenvalue weighted by Gasteiger charge is 2.64. The molecule has 4 N–H and O–H groups in total. The lowest BCUT2D eigenvalue weighted by molar-refractivity contribution is -0.139. The molecule has 14 heteroatoms. The highest BCUT2D eigenvalue weighted by molar-refractivity contribution is 6.76. The van der Waals surface area contributed by atoms with Gasteiger partial charge in [-0.3, -0.25) is 24.2 Å². The number of nitrogens with two attached hydrogens (primary N) is 2. The Hall–Kier alpha value is -2.97. The molecule has 5 aliphatic rings. The van der Waals surface area contributed by atoms with Gasteiger partial charge in [-0.05, 0) is 56.4 Å². The Kier molecular flexibility index (Phi) is 8.90. The fourth-order valence-corrected chi connectivity index (χ4v) is 8.31. The van der Waals surface area contributed by atoms with E-state index in [1.807, 2.05) is 6.92 Å². The number of nitrogens with zero attached hydrogens (tertiary/aromatic N) is 4. The van der Waals surface area contributed by atoms with Crippen molar-refractivity contribution in [3.05, 3.63) is 11.4 Å². The second kappa shape index (κ2) is 12.1. The molecule has 5 fully saturated rings. The van der Waals surface area contributed by atoms with Crippen molar-refractivity contribution in [2.75, 3.05) is 33.1 Å². The predicted molar refractivity (Wildman–Crippen MR) is 163 cm³/mol. The van der Waals surface area contributed by atoms with E-state index < -0.39 is 31.5 Å². The molecule has 44 heavy (non-hydrogen) atoms. The summed E-state index contributed by atoms with van der Waals surface area (Å²) in [4.78, 5) is 72.2. The van der Waals surface area contributed by atoms with Gasteiger partial charge in [-0.2, -0.15) is 0 Å². The Balaban J connectivity index is 1.24. The first-order chi connectivity index (χ1) is 20.8. The van der Waals surface area contributed by atoms with Crippen molar-refractivity contribution < 1.29 is 33.4 Å². The highest BCUT2D eigenvalue weighted by Crippen LogP contribution is 2.56. The molecule has 2 saturated carbocycles. The van der Waals surface area contributed by atoms with Crippen LogP contribution in [-0.4, -0.2) is 108 Å². The zero-order valence-electron chi connectivity index (χ0n) is 26.6. The first kappa shape index (κ1) is 32.4. The van der Waals surface area contributed by atoms with Crippen molar-refractivity contribution in [3.8, 4) is 0 Å². The molecule has 2 aliphatic carbocycles. The molecule has 5 rings (SSSR count). The minimum absolute atomic E-state index is 0.0423. The quantitative estimate of drug-likeness (QED) is 0.121. The molecule has 0 aromatic rings. The van der Waals surface area contributed by atoms with Gasteiger partial charge in [0.2, 0.25) is 0 Å². The fourth-order valence-electron chi connectivity index (χ4n) is 7.56. The second-order valence-electron chi connectivity index (χ2n) is 14.5. The molecule has 0 unspecified atom stereocenters. The molecule has 2 spiro atoms. The van der Waals surface area contributed by atoms with Crippen molar-refractivity contribution in [1.82, 2.24) is 19.6 Å². The van der Waals surface area contributed by atoms with E-state index in [4.69, 9.17) is 20.9 Å². The highest BCUT2D eigenvalue weighted by atomic mass is 28.3. The van der Waals surface area contributed by atoms with Crippen LogP contribution in [0.1, 0.15) is 64.7 Å². The zero-order valence-corrected chi connectivity index (χ0v) is 27.6. The van der Waals surface area contributed by atoms with E-state index in [0.29, 0.717) is 38.9 Å². The molecular weight excluding hydrogens is 584 g/mol. The van der Waals surface area contributed by atoms with Gasteiger partial charge in [0.25, 0.3) is 17.7 Å². The van der Waals surface area contributed by atoms with E-state index in [1.54, 1.807) is 4.90 Å². The number of barbiturate groups is 1. The Morgan fingerprint density at radius 1 is 0.955 bits per heavy atom. The monoisotopic (exact) mass is 632 g/mol. The van der Waals surface area contributed by atoms with Crippen LogP contribution in [0.4, 0.5) is 9.59 Å². The Labute approximate surface area is 260 Å². The number of imide groups is 3. The van der Waals surface area contributed by atoms with Crippen LogP contribution in [0.2, 0.25) is 25.7 Å². The van der Waals surface area contributed by atoms with Gasteiger partial charge >= 0.3 is 12.1 Å². The fraction of sp³-hybridized carbons (Fsp3) is 0.767. The normalized spacial score (nSPS) is 31.3. The van der Waals surface area contributed by atoms with Crippen molar-refractivity contribution in [1.29, 1.82) is 0 Å². The van der Waals surface area contributed by atoms with Crippen LogP contribution in [0.5, 0.6) is 0 Å². The summed E-state index contributed by atoms with van der Waals surface area (Å²) in [6.07, 6.45) is 6.02. The number of rotatable bonds is 10. The third-order valence-corrected chi connectivity index (χ3v) is 11.9. The smallest absolute Gasteiger partial charge is 0.334 e. The summed E-state index contributed by atoms with van der Waals surface area (Å²) in [7, 11) is -1.31. The molecule has 3 heterocycles. The maximum atomic E-state index is 13.7. The molecule has 13 nitrogen and oxygen atoms in total. The summed E-state index contributed by atoms with van der Waals surface area (Å²) in [5, 5.41) is 0. The average Bonchev–Trinajstić information content (AvgIpc) is 3.49. The van der Waals surface area contributed by atoms with Crippen LogP contribution in [0.15, 0.2) is 11.4 Å². The minimum atomic E-state index is -1.31. The van der Waals surface area contributed by atoms with Gasteiger partial charge in [-0.1, -0.05) is 33.0 Å². The third-order valence-electron chi connectivity index (χ3n) is 10.2. The first-order valence-corrected chi connectivity index (χ1v) is 19.7. The number of ether oxygens (including phenoxy) is 2. The lowest BCUT2D eigenvalue weighted by atomic mass is 9.57. The van der Waals surface area contributed by atoms with Crippen molar-refractivity contribution in [2.24, 2.45) is 16.9 Å². The van der Waals surface area contributed by atoms with Gasteiger partial charge in [0, 0.05) is 46.3 Å². The molecule has 3 saturated heterocycles. The number of carbonyl (C=O) groups excluding carboxylic acids is 5. The first-order valence-electron chi connectivity index (χ1n) is 16.0. The van der Waals surface area contributed by atoms with Gasteiger partial charge in [0.1, 0.15) is 23.7 Å². The molecule has 0 bridgehead atoms. The van der Waals surface area contributed by atoms with Gasteiger partial charge in [-0.25, -0.2) is 14.5 Å². The second-order valence-corrected chi connectivity index (χ2v) is 20.1. The number of carbonyl (C=O) groups is 5. The Bertz CT molecular complexity index is 1220. The molecule has 7 amide bonds. The van der Waals surface area contributed by atoms with E-state index >= 15 is 0 Å².